The standard InChI is InChI=1S/C26H34N6O2/c1-33-22-12-13-23(24(18-22)34-2)25(26-27-28-29-32(26)21-10-6-7-11-21)31-16-14-30(15-17-31)19-20-8-4-3-5-9-20/h3-5,8-9,12-13,18,21,25H,6-7,10-11,14-17,19H2,1-2H3. The molecule has 8 nitrogen and oxygen atoms in total. The number of piperazine rings is 1. The molecule has 1 saturated heterocycles. The summed E-state index contributed by atoms with van der Waals surface area (Å²) in [6, 6.07) is 17.1. The van der Waals surface area contributed by atoms with Gasteiger partial charge in [-0.15, -0.1) is 5.10 Å². The highest BCUT2D eigenvalue weighted by Gasteiger charge is 2.34. The fourth-order valence-corrected chi connectivity index (χ4v) is 5.35. The number of methoxy groups -OCH3 is 2. The summed E-state index contributed by atoms with van der Waals surface area (Å²) in [4.78, 5) is 5.02. The van der Waals surface area contributed by atoms with Gasteiger partial charge in [-0.05, 0) is 41.0 Å². The molecular formula is C26H34N6O2. The Balaban J connectivity index is 1.43. The van der Waals surface area contributed by atoms with Crippen LogP contribution in [0.25, 0.3) is 0 Å². The first kappa shape index (κ1) is 22.8. The highest BCUT2D eigenvalue weighted by molar-refractivity contribution is 5.44. The van der Waals surface area contributed by atoms with Crippen molar-refractivity contribution in [3.63, 3.8) is 0 Å². The SMILES string of the molecule is COc1ccc(C(c2nnnn2C2CCCC2)N2CCN(Cc3ccccc3)CC2)c(OC)c1. The summed E-state index contributed by atoms with van der Waals surface area (Å²) >= 11 is 0. The van der Waals surface area contributed by atoms with Gasteiger partial charge in [0.25, 0.3) is 0 Å². The maximum Gasteiger partial charge on any atom is 0.173 e. The van der Waals surface area contributed by atoms with Crippen LogP contribution in [0, 0.1) is 0 Å². The number of tetrazole rings is 1. The predicted octanol–water partition coefficient (Wildman–Crippen LogP) is 3.71. The Bertz CT molecular complexity index is 1060. The summed E-state index contributed by atoms with van der Waals surface area (Å²) in [7, 11) is 3.39. The number of hydrogen-bond acceptors (Lipinski definition) is 7. The van der Waals surface area contributed by atoms with Gasteiger partial charge >= 0.3 is 0 Å². The van der Waals surface area contributed by atoms with Gasteiger partial charge in [0.1, 0.15) is 17.5 Å². The quantitative estimate of drug-likeness (QED) is 0.505. The first-order valence-electron chi connectivity index (χ1n) is 12.3. The van der Waals surface area contributed by atoms with Crippen LogP contribution in [0.15, 0.2) is 48.5 Å². The summed E-state index contributed by atoms with van der Waals surface area (Å²) in [6.45, 7) is 4.84. The average molecular weight is 463 g/mol. The molecule has 0 radical (unpaired) electrons. The van der Waals surface area contributed by atoms with Gasteiger partial charge in [-0.25, -0.2) is 4.68 Å². The molecule has 8 heteroatoms. The summed E-state index contributed by atoms with van der Waals surface area (Å²) in [5.41, 5.74) is 2.43. The third-order valence-electron chi connectivity index (χ3n) is 7.19. The van der Waals surface area contributed by atoms with Crippen molar-refractivity contribution in [2.24, 2.45) is 0 Å². The molecular weight excluding hydrogens is 428 g/mol. The molecule has 2 aromatic carbocycles. The van der Waals surface area contributed by atoms with Crippen molar-refractivity contribution < 1.29 is 9.47 Å². The lowest BCUT2D eigenvalue weighted by atomic mass is 10.0. The normalized spacial score (nSPS) is 18.8. The van der Waals surface area contributed by atoms with Gasteiger partial charge in [-0.1, -0.05) is 43.2 Å². The molecule has 2 fully saturated rings. The molecule has 1 aromatic heterocycles. The second-order valence-corrected chi connectivity index (χ2v) is 9.23. The minimum absolute atomic E-state index is 0.0738. The molecule has 5 rings (SSSR count). The van der Waals surface area contributed by atoms with Crippen molar-refractivity contribution in [2.75, 3.05) is 40.4 Å². The van der Waals surface area contributed by atoms with Gasteiger partial charge in [-0.2, -0.15) is 0 Å². The molecule has 1 aliphatic carbocycles. The molecule has 0 spiro atoms. The van der Waals surface area contributed by atoms with E-state index in [1.807, 2.05) is 12.1 Å². The van der Waals surface area contributed by atoms with E-state index >= 15 is 0 Å². The van der Waals surface area contributed by atoms with E-state index in [4.69, 9.17) is 9.47 Å². The Kier molecular flexibility index (Phi) is 7.06. The van der Waals surface area contributed by atoms with Gasteiger partial charge in [0.15, 0.2) is 5.82 Å². The Morgan fingerprint density at radius 3 is 2.41 bits per heavy atom. The second-order valence-electron chi connectivity index (χ2n) is 9.23. The van der Waals surface area contributed by atoms with Crippen LogP contribution in [0.1, 0.15) is 54.7 Å². The topological polar surface area (TPSA) is 68.5 Å². The second kappa shape index (κ2) is 10.5. The van der Waals surface area contributed by atoms with E-state index in [1.165, 1.54) is 18.4 Å². The molecule has 0 amide bonds. The van der Waals surface area contributed by atoms with Crippen LogP contribution in [0.4, 0.5) is 0 Å². The van der Waals surface area contributed by atoms with Gasteiger partial charge < -0.3 is 9.47 Å². The van der Waals surface area contributed by atoms with Crippen molar-refractivity contribution in [3.05, 3.63) is 65.5 Å². The highest BCUT2D eigenvalue weighted by Crippen LogP contribution is 2.39. The fraction of sp³-hybridized carbons (Fsp3) is 0.500. The lowest BCUT2D eigenvalue weighted by Crippen LogP contribution is -2.48. The largest absolute Gasteiger partial charge is 0.497 e. The maximum absolute atomic E-state index is 5.83. The van der Waals surface area contributed by atoms with Gasteiger partial charge in [0, 0.05) is 44.4 Å². The van der Waals surface area contributed by atoms with E-state index in [2.05, 4.69) is 66.4 Å². The number of rotatable bonds is 8. The zero-order chi connectivity index (χ0) is 23.3. The van der Waals surface area contributed by atoms with E-state index in [-0.39, 0.29) is 6.04 Å². The predicted molar refractivity (Wildman–Crippen MR) is 130 cm³/mol. The molecule has 2 aliphatic rings. The number of benzene rings is 2. The van der Waals surface area contributed by atoms with Crippen LogP contribution in [0.2, 0.25) is 0 Å². The number of ether oxygens (including phenoxy) is 2. The third-order valence-corrected chi connectivity index (χ3v) is 7.19. The summed E-state index contributed by atoms with van der Waals surface area (Å²) < 4.78 is 13.4. The molecule has 3 aromatic rings. The Labute approximate surface area is 201 Å². The molecule has 1 unspecified atom stereocenters. The minimum Gasteiger partial charge on any atom is -0.497 e. The van der Waals surface area contributed by atoms with Crippen molar-refractivity contribution in [3.8, 4) is 11.5 Å². The third kappa shape index (κ3) is 4.79. The first-order chi connectivity index (χ1) is 16.8. The van der Waals surface area contributed by atoms with E-state index in [0.717, 1.165) is 68.5 Å². The van der Waals surface area contributed by atoms with E-state index in [0.29, 0.717) is 6.04 Å². The molecule has 1 atom stereocenters. The molecule has 0 bridgehead atoms. The van der Waals surface area contributed by atoms with Crippen LogP contribution < -0.4 is 9.47 Å². The Morgan fingerprint density at radius 2 is 1.71 bits per heavy atom. The number of aromatic nitrogens is 4. The zero-order valence-corrected chi connectivity index (χ0v) is 20.1. The fourth-order valence-electron chi connectivity index (χ4n) is 5.35. The minimum atomic E-state index is -0.0738. The van der Waals surface area contributed by atoms with Gasteiger partial charge in [0.05, 0.1) is 20.3 Å². The first-order valence-corrected chi connectivity index (χ1v) is 12.3. The van der Waals surface area contributed by atoms with Crippen molar-refractivity contribution in [1.29, 1.82) is 0 Å². The highest BCUT2D eigenvalue weighted by atomic mass is 16.5. The van der Waals surface area contributed by atoms with E-state index < -0.39 is 0 Å². The summed E-state index contributed by atoms with van der Waals surface area (Å²) in [5, 5.41) is 13.2. The van der Waals surface area contributed by atoms with E-state index in [9.17, 15) is 0 Å². The van der Waals surface area contributed by atoms with Gasteiger partial charge in [-0.3, -0.25) is 9.80 Å². The van der Waals surface area contributed by atoms with Crippen LogP contribution in [-0.4, -0.2) is 70.4 Å². The summed E-state index contributed by atoms with van der Waals surface area (Å²) in [5.74, 6) is 2.49. The monoisotopic (exact) mass is 462 g/mol. The molecule has 1 saturated carbocycles. The Morgan fingerprint density at radius 1 is 0.941 bits per heavy atom. The lowest BCUT2D eigenvalue weighted by Gasteiger charge is -2.39. The molecule has 0 N–H and O–H groups in total. The average Bonchev–Trinajstić information content (AvgIpc) is 3.58. The summed E-state index contributed by atoms with van der Waals surface area (Å²) in [6.07, 6.45) is 4.74. The Hall–Kier alpha value is -2.97. The van der Waals surface area contributed by atoms with Crippen molar-refractivity contribution in [1.82, 2.24) is 30.0 Å². The maximum atomic E-state index is 5.83. The molecule has 2 heterocycles. The smallest absolute Gasteiger partial charge is 0.173 e. The van der Waals surface area contributed by atoms with Gasteiger partial charge in [0.2, 0.25) is 0 Å². The lowest BCUT2D eigenvalue weighted by molar-refractivity contribution is 0.0983. The zero-order valence-electron chi connectivity index (χ0n) is 20.1. The van der Waals surface area contributed by atoms with Crippen LogP contribution in [0.3, 0.4) is 0 Å². The van der Waals surface area contributed by atoms with Crippen molar-refractivity contribution >= 4 is 0 Å². The van der Waals surface area contributed by atoms with E-state index in [1.54, 1.807) is 14.2 Å². The van der Waals surface area contributed by atoms with Crippen LogP contribution in [-0.2, 0) is 6.54 Å². The molecule has 34 heavy (non-hydrogen) atoms. The molecule has 180 valence electrons. The van der Waals surface area contributed by atoms with Crippen LogP contribution in [0.5, 0.6) is 11.5 Å². The number of nitrogens with zero attached hydrogens (tertiary/aromatic N) is 6. The van der Waals surface area contributed by atoms with Crippen LogP contribution >= 0.6 is 0 Å². The number of hydrogen-bond donors (Lipinski definition) is 0. The molecule has 1 aliphatic heterocycles. The van der Waals surface area contributed by atoms with Crippen molar-refractivity contribution in [2.45, 2.75) is 44.3 Å².